The molecule has 1 amide bonds. The zero-order valence-electron chi connectivity index (χ0n) is 15.6. The van der Waals surface area contributed by atoms with Crippen molar-refractivity contribution in [1.82, 2.24) is 4.90 Å². The van der Waals surface area contributed by atoms with E-state index in [9.17, 15) is 13.2 Å². The summed E-state index contributed by atoms with van der Waals surface area (Å²) in [5.74, 6) is 0.887. The molecule has 3 rings (SSSR count). The van der Waals surface area contributed by atoms with E-state index in [0.29, 0.717) is 35.8 Å². The van der Waals surface area contributed by atoms with E-state index in [1.165, 1.54) is 13.4 Å². The molecule has 0 saturated carbocycles. The Morgan fingerprint density at radius 3 is 2.52 bits per heavy atom. The van der Waals surface area contributed by atoms with Crippen molar-refractivity contribution in [3.05, 3.63) is 59.2 Å². The van der Waals surface area contributed by atoms with E-state index in [4.69, 9.17) is 9.47 Å². The molecule has 0 aliphatic carbocycles. The normalized spacial score (nSPS) is 14.8. The second-order valence-electron chi connectivity index (χ2n) is 6.50. The molecule has 6 nitrogen and oxygen atoms in total. The van der Waals surface area contributed by atoms with Gasteiger partial charge in [0.15, 0.2) is 21.3 Å². The molecular weight excluding hydrogens is 366 g/mol. The Morgan fingerprint density at radius 1 is 1.15 bits per heavy atom. The molecule has 2 aromatic carbocycles. The van der Waals surface area contributed by atoms with Gasteiger partial charge in [0.05, 0.1) is 13.7 Å². The van der Waals surface area contributed by atoms with Gasteiger partial charge < -0.3 is 14.4 Å². The van der Waals surface area contributed by atoms with Gasteiger partial charge in [0.1, 0.15) is 5.25 Å². The topological polar surface area (TPSA) is 72.9 Å². The lowest BCUT2D eigenvalue weighted by Crippen LogP contribution is -2.32. The highest BCUT2D eigenvalue weighted by Crippen LogP contribution is 2.34. The van der Waals surface area contributed by atoms with Crippen molar-refractivity contribution in [2.45, 2.75) is 18.7 Å². The number of hydrogen-bond donors (Lipinski definition) is 0. The maximum absolute atomic E-state index is 12.6. The van der Waals surface area contributed by atoms with Crippen molar-refractivity contribution in [3.8, 4) is 11.5 Å². The zero-order valence-corrected chi connectivity index (χ0v) is 16.5. The Balaban J connectivity index is 1.93. The van der Waals surface area contributed by atoms with Crippen LogP contribution < -0.4 is 9.47 Å². The maximum Gasteiger partial charge on any atom is 0.254 e. The Morgan fingerprint density at radius 2 is 1.89 bits per heavy atom. The standard InChI is InChI=1S/C20H23NO5S/c1-4-26-18-11-14(9-10-17(18)25-2)19(27(3,23)24)13-21-12-15-7-5-6-8-16(15)20(21)22/h5-11,19H,4,12-13H2,1-3H3. The van der Waals surface area contributed by atoms with Crippen LogP contribution in [0.2, 0.25) is 0 Å². The Kier molecular flexibility index (Phi) is 5.41. The monoisotopic (exact) mass is 389 g/mol. The van der Waals surface area contributed by atoms with Crippen molar-refractivity contribution >= 4 is 15.7 Å². The molecular formula is C20H23NO5S. The Hall–Kier alpha value is -2.54. The quantitative estimate of drug-likeness (QED) is 0.728. The molecule has 0 saturated heterocycles. The van der Waals surface area contributed by atoms with Crippen molar-refractivity contribution in [3.63, 3.8) is 0 Å². The lowest BCUT2D eigenvalue weighted by Gasteiger charge is -2.23. The van der Waals surface area contributed by atoms with Crippen molar-refractivity contribution in [2.75, 3.05) is 26.5 Å². The fraction of sp³-hybridized carbons (Fsp3) is 0.350. The van der Waals surface area contributed by atoms with Crippen LogP contribution in [0.15, 0.2) is 42.5 Å². The molecule has 1 aliphatic rings. The van der Waals surface area contributed by atoms with Crippen LogP contribution in [0.3, 0.4) is 0 Å². The summed E-state index contributed by atoms with van der Waals surface area (Å²) in [4.78, 5) is 14.2. The van der Waals surface area contributed by atoms with E-state index in [1.54, 1.807) is 29.2 Å². The summed E-state index contributed by atoms with van der Waals surface area (Å²) in [5.41, 5.74) is 2.12. The molecule has 0 fully saturated rings. The van der Waals surface area contributed by atoms with Crippen LogP contribution in [0.4, 0.5) is 0 Å². The molecule has 144 valence electrons. The minimum Gasteiger partial charge on any atom is -0.493 e. The highest BCUT2D eigenvalue weighted by Gasteiger charge is 2.33. The van der Waals surface area contributed by atoms with Crippen LogP contribution in [-0.2, 0) is 16.4 Å². The SMILES string of the molecule is CCOc1cc(C(CN2Cc3ccccc3C2=O)S(C)(=O)=O)ccc1OC. The molecule has 27 heavy (non-hydrogen) atoms. The first kappa shape index (κ1) is 19.2. The number of methoxy groups -OCH3 is 1. The molecule has 0 spiro atoms. The smallest absolute Gasteiger partial charge is 0.254 e. The first-order valence-corrected chi connectivity index (χ1v) is 10.7. The van der Waals surface area contributed by atoms with Gasteiger partial charge in [-0.05, 0) is 36.2 Å². The number of ether oxygens (including phenoxy) is 2. The zero-order chi connectivity index (χ0) is 19.6. The van der Waals surface area contributed by atoms with Crippen LogP contribution in [0.1, 0.15) is 33.7 Å². The molecule has 0 radical (unpaired) electrons. The summed E-state index contributed by atoms with van der Waals surface area (Å²) in [7, 11) is -1.92. The van der Waals surface area contributed by atoms with E-state index in [2.05, 4.69) is 0 Å². The van der Waals surface area contributed by atoms with Gasteiger partial charge in [0.2, 0.25) is 0 Å². The number of amides is 1. The fourth-order valence-electron chi connectivity index (χ4n) is 3.31. The molecule has 0 aromatic heterocycles. The highest BCUT2D eigenvalue weighted by molar-refractivity contribution is 7.91. The second kappa shape index (κ2) is 7.60. The summed E-state index contributed by atoms with van der Waals surface area (Å²) >= 11 is 0. The summed E-state index contributed by atoms with van der Waals surface area (Å²) in [6, 6.07) is 12.4. The van der Waals surface area contributed by atoms with E-state index in [-0.39, 0.29) is 12.5 Å². The minimum atomic E-state index is -3.46. The van der Waals surface area contributed by atoms with E-state index in [0.717, 1.165) is 5.56 Å². The van der Waals surface area contributed by atoms with Gasteiger partial charge >= 0.3 is 0 Å². The predicted molar refractivity (Wildman–Crippen MR) is 103 cm³/mol. The third-order valence-electron chi connectivity index (χ3n) is 4.66. The first-order valence-electron chi connectivity index (χ1n) is 8.72. The first-order chi connectivity index (χ1) is 12.8. The van der Waals surface area contributed by atoms with Crippen LogP contribution in [0.5, 0.6) is 11.5 Å². The molecule has 1 aliphatic heterocycles. The minimum absolute atomic E-state index is 0.0875. The third kappa shape index (κ3) is 3.93. The summed E-state index contributed by atoms with van der Waals surface area (Å²) in [6.45, 7) is 2.78. The number of hydrogen-bond acceptors (Lipinski definition) is 5. The number of sulfone groups is 1. The molecule has 1 heterocycles. The lowest BCUT2D eigenvalue weighted by molar-refractivity contribution is 0.0778. The maximum atomic E-state index is 12.6. The van der Waals surface area contributed by atoms with Crippen molar-refractivity contribution < 1.29 is 22.7 Å². The van der Waals surface area contributed by atoms with Gasteiger partial charge in [-0.25, -0.2) is 8.42 Å². The van der Waals surface area contributed by atoms with Crippen LogP contribution in [0, 0.1) is 0 Å². The van der Waals surface area contributed by atoms with Gasteiger partial charge in [-0.2, -0.15) is 0 Å². The summed E-state index contributed by atoms with van der Waals surface area (Å²) in [6.07, 6.45) is 1.19. The highest BCUT2D eigenvalue weighted by atomic mass is 32.2. The van der Waals surface area contributed by atoms with Crippen molar-refractivity contribution in [1.29, 1.82) is 0 Å². The van der Waals surface area contributed by atoms with Crippen LogP contribution >= 0.6 is 0 Å². The van der Waals surface area contributed by atoms with E-state index >= 15 is 0 Å². The Bertz CT molecular complexity index is 955. The van der Waals surface area contributed by atoms with E-state index in [1.807, 2.05) is 25.1 Å². The largest absolute Gasteiger partial charge is 0.493 e. The number of nitrogens with zero attached hydrogens (tertiary/aromatic N) is 1. The molecule has 1 atom stereocenters. The van der Waals surface area contributed by atoms with Crippen LogP contribution in [0.25, 0.3) is 0 Å². The number of carbonyl (C=O) groups excluding carboxylic acids is 1. The number of carbonyl (C=O) groups is 1. The number of fused-ring (bicyclic) bond motifs is 1. The fourth-order valence-corrected chi connectivity index (χ4v) is 4.40. The third-order valence-corrected chi connectivity index (χ3v) is 6.11. The second-order valence-corrected chi connectivity index (χ2v) is 8.73. The number of rotatable bonds is 7. The average Bonchev–Trinajstić information content (AvgIpc) is 2.95. The Labute approximate surface area is 159 Å². The molecule has 0 bridgehead atoms. The van der Waals surface area contributed by atoms with E-state index < -0.39 is 15.1 Å². The van der Waals surface area contributed by atoms with Crippen LogP contribution in [-0.4, -0.2) is 45.7 Å². The lowest BCUT2D eigenvalue weighted by atomic mass is 10.1. The van der Waals surface area contributed by atoms with Gasteiger partial charge in [-0.15, -0.1) is 0 Å². The molecule has 2 aromatic rings. The molecule has 7 heteroatoms. The van der Waals surface area contributed by atoms with Gasteiger partial charge in [0, 0.05) is 24.9 Å². The molecule has 1 unspecified atom stereocenters. The van der Waals surface area contributed by atoms with Gasteiger partial charge in [-0.3, -0.25) is 4.79 Å². The van der Waals surface area contributed by atoms with Gasteiger partial charge in [-0.1, -0.05) is 24.3 Å². The number of benzene rings is 2. The van der Waals surface area contributed by atoms with Crippen molar-refractivity contribution in [2.24, 2.45) is 0 Å². The predicted octanol–water partition coefficient (Wildman–Crippen LogP) is 2.84. The van der Waals surface area contributed by atoms with Gasteiger partial charge in [0.25, 0.3) is 5.91 Å². The summed E-state index contributed by atoms with van der Waals surface area (Å²) < 4.78 is 35.9. The molecule has 0 N–H and O–H groups in total. The average molecular weight is 389 g/mol. The summed E-state index contributed by atoms with van der Waals surface area (Å²) in [5, 5.41) is -0.846.